The number of carbonyl (C=O) groups is 1. The molecule has 1 fully saturated rings. The maximum Gasteiger partial charge on any atom is 0.224 e. The van der Waals surface area contributed by atoms with Crippen molar-refractivity contribution in [3.8, 4) is 11.3 Å². The molecule has 0 bridgehead atoms. The maximum atomic E-state index is 12.3. The summed E-state index contributed by atoms with van der Waals surface area (Å²) in [6.07, 6.45) is 4.91. The number of aromatic nitrogens is 1. The highest BCUT2D eigenvalue weighted by molar-refractivity contribution is 6.30. The Morgan fingerprint density at radius 1 is 1.13 bits per heavy atom. The minimum atomic E-state index is -0.0548. The fourth-order valence-corrected chi connectivity index (χ4v) is 3.77. The first-order chi connectivity index (χ1) is 14.6. The Kier molecular flexibility index (Phi) is 6.38. The average molecular weight is 424 g/mol. The van der Waals surface area contributed by atoms with E-state index < -0.39 is 0 Å². The zero-order valence-electron chi connectivity index (χ0n) is 17.1. The fraction of sp³-hybridized carbons (Fsp3) is 0.333. The third-order valence-corrected chi connectivity index (χ3v) is 5.80. The topological polar surface area (TPSA) is 58.4 Å². The summed E-state index contributed by atoms with van der Waals surface area (Å²) < 4.78 is 5.76. The lowest BCUT2D eigenvalue weighted by atomic mass is 9.99. The number of anilines is 2. The van der Waals surface area contributed by atoms with Crippen LogP contribution in [0.1, 0.15) is 32.1 Å². The van der Waals surface area contributed by atoms with Crippen LogP contribution in [0.25, 0.3) is 11.3 Å². The quantitative estimate of drug-likeness (QED) is 0.544. The third kappa shape index (κ3) is 5.22. The fourth-order valence-electron chi connectivity index (χ4n) is 3.64. The summed E-state index contributed by atoms with van der Waals surface area (Å²) in [5, 5.41) is 3.63. The van der Waals surface area contributed by atoms with Gasteiger partial charge in [-0.3, -0.25) is 4.79 Å². The number of hydrogen-bond donors (Lipinski definition) is 1. The van der Waals surface area contributed by atoms with E-state index in [1.807, 2.05) is 36.4 Å². The van der Waals surface area contributed by atoms with Crippen LogP contribution < -0.4 is 10.2 Å². The summed E-state index contributed by atoms with van der Waals surface area (Å²) >= 11 is 5.92. The molecule has 3 aromatic rings. The molecule has 1 saturated heterocycles. The van der Waals surface area contributed by atoms with Crippen molar-refractivity contribution in [2.45, 2.75) is 32.6 Å². The molecule has 0 aliphatic carbocycles. The van der Waals surface area contributed by atoms with Gasteiger partial charge in [-0.25, -0.2) is 4.98 Å². The van der Waals surface area contributed by atoms with E-state index in [2.05, 4.69) is 34.3 Å². The van der Waals surface area contributed by atoms with Gasteiger partial charge in [0.1, 0.15) is 0 Å². The van der Waals surface area contributed by atoms with Crippen molar-refractivity contribution in [3.63, 3.8) is 0 Å². The SMILES string of the molecule is CC1CCN(c2ccc(NC(=O)CCc3ncc(-c4ccc(Cl)cc4)o3)cc2)CC1. The van der Waals surface area contributed by atoms with Gasteiger partial charge < -0.3 is 14.6 Å². The highest BCUT2D eigenvalue weighted by atomic mass is 35.5. The molecular weight excluding hydrogens is 398 g/mol. The number of nitrogens with one attached hydrogen (secondary N) is 1. The van der Waals surface area contributed by atoms with Gasteiger partial charge in [0.25, 0.3) is 0 Å². The van der Waals surface area contributed by atoms with Gasteiger partial charge in [-0.15, -0.1) is 0 Å². The number of oxazole rings is 1. The summed E-state index contributed by atoms with van der Waals surface area (Å²) in [7, 11) is 0. The predicted molar refractivity (Wildman–Crippen MR) is 121 cm³/mol. The van der Waals surface area contributed by atoms with Crippen molar-refractivity contribution in [2.24, 2.45) is 5.92 Å². The van der Waals surface area contributed by atoms with Gasteiger partial charge in [-0.05, 0) is 67.3 Å². The first-order valence-corrected chi connectivity index (χ1v) is 10.8. The molecule has 5 nitrogen and oxygen atoms in total. The summed E-state index contributed by atoms with van der Waals surface area (Å²) in [5.41, 5.74) is 2.93. The molecule has 1 aliphatic heterocycles. The molecule has 2 aromatic carbocycles. The van der Waals surface area contributed by atoms with Crippen LogP contribution in [0.15, 0.2) is 59.1 Å². The molecule has 2 heterocycles. The molecular formula is C24H26ClN3O2. The van der Waals surface area contributed by atoms with E-state index in [0.29, 0.717) is 29.5 Å². The van der Waals surface area contributed by atoms with Crippen molar-refractivity contribution < 1.29 is 9.21 Å². The van der Waals surface area contributed by atoms with Crippen molar-refractivity contribution in [1.29, 1.82) is 0 Å². The highest BCUT2D eigenvalue weighted by Crippen LogP contribution is 2.25. The van der Waals surface area contributed by atoms with E-state index in [9.17, 15) is 4.79 Å². The maximum absolute atomic E-state index is 12.3. The second-order valence-electron chi connectivity index (χ2n) is 7.89. The van der Waals surface area contributed by atoms with Crippen LogP contribution in [0, 0.1) is 5.92 Å². The largest absolute Gasteiger partial charge is 0.441 e. The monoisotopic (exact) mass is 423 g/mol. The Labute approximate surface area is 182 Å². The molecule has 0 unspecified atom stereocenters. The summed E-state index contributed by atoms with van der Waals surface area (Å²) in [5.74, 6) is 1.97. The van der Waals surface area contributed by atoms with Crippen LogP contribution in [0.2, 0.25) is 5.02 Å². The minimum absolute atomic E-state index is 0.0548. The summed E-state index contributed by atoms with van der Waals surface area (Å²) in [6, 6.07) is 15.5. The molecule has 4 rings (SSSR count). The second kappa shape index (κ2) is 9.35. The van der Waals surface area contributed by atoms with Gasteiger partial charge in [-0.1, -0.05) is 18.5 Å². The van der Waals surface area contributed by atoms with Crippen LogP contribution in [-0.2, 0) is 11.2 Å². The first kappa shape index (κ1) is 20.5. The van der Waals surface area contributed by atoms with E-state index >= 15 is 0 Å². The van der Waals surface area contributed by atoms with Gasteiger partial charge in [0.05, 0.1) is 6.20 Å². The molecule has 0 spiro atoms. The third-order valence-electron chi connectivity index (χ3n) is 5.55. The molecule has 1 N–H and O–H groups in total. The standard InChI is InChI=1S/C24H26ClN3O2/c1-17-12-14-28(15-13-17)21-8-6-20(7-9-21)27-23(29)10-11-24-26-16-22(30-24)18-2-4-19(25)5-3-18/h2-9,16-17H,10-15H2,1H3,(H,27,29). The Morgan fingerprint density at radius 2 is 1.83 bits per heavy atom. The molecule has 30 heavy (non-hydrogen) atoms. The van der Waals surface area contributed by atoms with Crippen LogP contribution in [0.4, 0.5) is 11.4 Å². The number of hydrogen-bond acceptors (Lipinski definition) is 4. The van der Waals surface area contributed by atoms with Crippen LogP contribution >= 0.6 is 11.6 Å². The number of amides is 1. The Morgan fingerprint density at radius 3 is 2.53 bits per heavy atom. The molecule has 6 heteroatoms. The van der Waals surface area contributed by atoms with Crippen molar-refractivity contribution in [2.75, 3.05) is 23.3 Å². The number of nitrogens with zero attached hydrogens (tertiary/aromatic N) is 2. The van der Waals surface area contributed by atoms with E-state index in [4.69, 9.17) is 16.0 Å². The van der Waals surface area contributed by atoms with Gasteiger partial charge >= 0.3 is 0 Å². The second-order valence-corrected chi connectivity index (χ2v) is 8.33. The molecule has 1 aliphatic rings. The van der Waals surface area contributed by atoms with E-state index in [1.54, 1.807) is 6.20 Å². The molecule has 1 aromatic heterocycles. The number of halogens is 1. The molecule has 0 saturated carbocycles. The Hall–Kier alpha value is -2.79. The molecule has 0 radical (unpaired) electrons. The number of aryl methyl sites for hydroxylation is 1. The molecule has 156 valence electrons. The minimum Gasteiger partial charge on any atom is -0.441 e. The van der Waals surface area contributed by atoms with E-state index in [-0.39, 0.29) is 5.91 Å². The Balaban J connectivity index is 1.27. The summed E-state index contributed by atoms with van der Waals surface area (Å²) in [6.45, 7) is 4.51. The van der Waals surface area contributed by atoms with Crippen molar-refractivity contribution in [1.82, 2.24) is 4.98 Å². The normalized spacial score (nSPS) is 14.7. The Bertz CT molecular complexity index is 974. The van der Waals surface area contributed by atoms with Crippen LogP contribution in [0.3, 0.4) is 0 Å². The highest BCUT2D eigenvalue weighted by Gasteiger charge is 2.16. The van der Waals surface area contributed by atoms with E-state index in [0.717, 1.165) is 30.3 Å². The number of piperidine rings is 1. The lowest BCUT2D eigenvalue weighted by Crippen LogP contribution is -2.32. The average Bonchev–Trinajstić information content (AvgIpc) is 3.23. The van der Waals surface area contributed by atoms with Crippen LogP contribution in [-0.4, -0.2) is 24.0 Å². The number of carbonyl (C=O) groups excluding carboxylic acids is 1. The van der Waals surface area contributed by atoms with Crippen molar-refractivity contribution in [3.05, 3.63) is 65.6 Å². The smallest absolute Gasteiger partial charge is 0.224 e. The summed E-state index contributed by atoms with van der Waals surface area (Å²) in [4.78, 5) is 19.0. The first-order valence-electron chi connectivity index (χ1n) is 10.4. The van der Waals surface area contributed by atoms with Gasteiger partial charge in [0.15, 0.2) is 11.7 Å². The molecule has 1 amide bonds. The van der Waals surface area contributed by atoms with Gasteiger partial charge in [0.2, 0.25) is 5.91 Å². The zero-order valence-corrected chi connectivity index (χ0v) is 17.9. The number of rotatable bonds is 6. The lowest BCUT2D eigenvalue weighted by Gasteiger charge is -2.32. The van der Waals surface area contributed by atoms with Crippen molar-refractivity contribution >= 4 is 28.9 Å². The zero-order chi connectivity index (χ0) is 20.9. The molecule has 0 atom stereocenters. The van der Waals surface area contributed by atoms with Crippen LogP contribution in [0.5, 0.6) is 0 Å². The van der Waals surface area contributed by atoms with Gasteiger partial charge in [-0.2, -0.15) is 0 Å². The van der Waals surface area contributed by atoms with Gasteiger partial charge in [0, 0.05) is 47.9 Å². The van der Waals surface area contributed by atoms with E-state index in [1.165, 1.54) is 18.5 Å². The number of benzene rings is 2. The predicted octanol–water partition coefficient (Wildman–Crippen LogP) is 5.80. The lowest BCUT2D eigenvalue weighted by molar-refractivity contribution is -0.116.